The zero-order valence-electron chi connectivity index (χ0n) is 11.7. The van der Waals surface area contributed by atoms with Crippen molar-refractivity contribution in [1.29, 1.82) is 10.5 Å². The second-order valence-electron chi connectivity index (χ2n) is 5.15. The molecule has 0 saturated heterocycles. The molecule has 0 aliphatic carbocycles. The summed E-state index contributed by atoms with van der Waals surface area (Å²) in [6.07, 6.45) is 0.514. The minimum atomic E-state index is -0.126. The average Bonchev–Trinajstić information content (AvgIpc) is 2.42. The van der Waals surface area contributed by atoms with Crippen LogP contribution in [-0.4, -0.2) is 24.5 Å². The summed E-state index contributed by atoms with van der Waals surface area (Å²) in [5, 5.41) is 18.1. The van der Waals surface area contributed by atoms with Gasteiger partial charge in [0.05, 0.1) is 18.1 Å². The summed E-state index contributed by atoms with van der Waals surface area (Å²) in [6.45, 7) is 6.67. The smallest absolute Gasteiger partial charge is 0.0839 e. The Morgan fingerprint density at radius 2 is 1.79 bits per heavy atom. The third kappa shape index (κ3) is 5.55. The van der Waals surface area contributed by atoms with Crippen molar-refractivity contribution in [3.8, 4) is 12.1 Å². The Bertz CT molecular complexity index is 439. The maximum Gasteiger partial charge on any atom is 0.0839 e. The lowest BCUT2D eigenvalue weighted by molar-refractivity contribution is 0.245. The average molecular weight is 255 g/mol. The largest absolute Gasteiger partial charge is 0.300 e. The van der Waals surface area contributed by atoms with Crippen molar-refractivity contribution in [2.45, 2.75) is 26.2 Å². The van der Waals surface area contributed by atoms with Crippen LogP contribution in [0, 0.1) is 28.6 Å². The molecule has 0 amide bonds. The van der Waals surface area contributed by atoms with Crippen molar-refractivity contribution >= 4 is 0 Å². The van der Waals surface area contributed by atoms with E-state index in [2.05, 4.69) is 30.9 Å². The van der Waals surface area contributed by atoms with Crippen LogP contribution in [0.2, 0.25) is 0 Å². The molecular formula is C16H21N3. The maximum atomic E-state index is 9.35. The lowest BCUT2D eigenvalue weighted by Crippen LogP contribution is -2.32. The molecule has 0 heterocycles. The summed E-state index contributed by atoms with van der Waals surface area (Å²) >= 11 is 0. The van der Waals surface area contributed by atoms with Crippen molar-refractivity contribution in [3.63, 3.8) is 0 Å². The first kappa shape index (κ1) is 15.2. The maximum absolute atomic E-state index is 9.35. The van der Waals surface area contributed by atoms with Gasteiger partial charge >= 0.3 is 0 Å². The Hall–Kier alpha value is -1.84. The molecule has 0 N–H and O–H groups in total. The van der Waals surface area contributed by atoms with Gasteiger partial charge in [-0.15, -0.1) is 0 Å². The normalized spacial score (nSPS) is 12.1. The van der Waals surface area contributed by atoms with E-state index in [0.717, 1.165) is 18.7 Å². The highest BCUT2D eigenvalue weighted by atomic mass is 15.1. The second kappa shape index (κ2) is 8.29. The Labute approximate surface area is 116 Å². The van der Waals surface area contributed by atoms with Gasteiger partial charge in [-0.3, -0.25) is 0 Å². The number of hydrogen-bond acceptors (Lipinski definition) is 3. The number of nitriles is 2. The first-order valence-electron chi connectivity index (χ1n) is 6.71. The molecule has 1 rings (SSSR count). The van der Waals surface area contributed by atoms with Gasteiger partial charge in [-0.1, -0.05) is 44.2 Å². The highest BCUT2D eigenvalue weighted by molar-refractivity contribution is 5.25. The van der Waals surface area contributed by atoms with Gasteiger partial charge in [-0.05, 0) is 11.5 Å². The SMILES string of the molecule is CC(C)CN(CCC#N)CC(C#N)c1ccccc1. The number of benzene rings is 1. The molecule has 1 unspecified atom stereocenters. The number of nitrogens with zero attached hydrogens (tertiary/aromatic N) is 3. The van der Waals surface area contributed by atoms with Crippen molar-refractivity contribution in [2.75, 3.05) is 19.6 Å². The first-order valence-corrected chi connectivity index (χ1v) is 6.71. The van der Waals surface area contributed by atoms with E-state index in [9.17, 15) is 5.26 Å². The monoisotopic (exact) mass is 255 g/mol. The van der Waals surface area contributed by atoms with Crippen LogP contribution < -0.4 is 0 Å². The second-order valence-corrected chi connectivity index (χ2v) is 5.15. The minimum absolute atomic E-state index is 0.126. The van der Waals surface area contributed by atoms with Crippen LogP contribution in [-0.2, 0) is 0 Å². The van der Waals surface area contributed by atoms with E-state index in [1.807, 2.05) is 30.3 Å². The minimum Gasteiger partial charge on any atom is -0.300 e. The number of hydrogen-bond donors (Lipinski definition) is 0. The Morgan fingerprint density at radius 1 is 1.11 bits per heavy atom. The van der Waals surface area contributed by atoms with E-state index in [-0.39, 0.29) is 5.92 Å². The molecule has 1 atom stereocenters. The van der Waals surface area contributed by atoms with Gasteiger partial charge < -0.3 is 4.90 Å². The highest BCUT2D eigenvalue weighted by Gasteiger charge is 2.16. The molecule has 100 valence electrons. The fourth-order valence-corrected chi connectivity index (χ4v) is 2.15. The zero-order valence-corrected chi connectivity index (χ0v) is 11.7. The van der Waals surface area contributed by atoms with Gasteiger partial charge in [-0.25, -0.2) is 0 Å². The molecule has 0 fully saturated rings. The molecule has 0 aromatic heterocycles. The molecule has 1 aromatic carbocycles. The lowest BCUT2D eigenvalue weighted by Gasteiger charge is -2.25. The van der Waals surface area contributed by atoms with Gasteiger partial charge in [0.1, 0.15) is 0 Å². The van der Waals surface area contributed by atoms with Crippen LogP contribution in [0.4, 0.5) is 0 Å². The fourth-order valence-electron chi connectivity index (χ4n) is 2.15. The van der Waals surface area contributed by atoms with Gasteiger partial charge in [0.2, 0.25) is 0 Å². The summed E-state index contributed by atoms with van der Waals surface area (Å²) in [6, 6.07) is 14.4. The standard InChI is InChI=1S/C16H21N3/c1-14(2)12-19(10-6-9-17)13-16(11-18)15-7-4-3-5-8-15/h3-5,7-8,14,16H,6,10,12-13H2,1-2H3. The lowest BCUT2D eigenvalue weighted by atomic mass is 9.99. The van der Waals surface area contributed by atoms with Gasteiger partial charge in [0.25, 0.3) is 0 Å². The molecule has 0 saturated carbocycles. The summed E-state index contributed by atoms with van der Waals surface area (Å²) in [5.74, 6) is 0.410. The zero-order chi connectivity index (χ0) is 14.1. The van der Waals surface area contributed by atoms with Crippen LogP contribution >= 0.6 is 0 Å². The molecule has 0 spiro atoms. The van der Waals surface area contributed by atoms with Crippen molar-refractivity contribution in [3.05, 3.63) is 35.9 Å². The molecule has 3 heteroatoms. The third-order valence-corrected chi connectivity index (χ3v) is 2.96. The predicted molar refractivity (Wildman–Crippen MR) is 76.3 cm³/mol. The molecule has 0 aliphatic heterocycles. The summed E-state index contributed by atoms with van der Waals surface area (Å²) in [7, 11) is 0. The summed E-state index contributed by atoms with van der Waals surface area (Å²) in [5.41, 5.74) is 1.05. The topological polar surface area (TPSA) is 50.8 Å². The summed E-state index contributed by atoms with van der Waals surface area (Å²) in [4.78, 5) is 2.22. The van der Waals surface area contributed by atoms with Crippen molar-refractivity contribution in [2.24, 2.45) is 5.92 Å². The van der Waals surface area contributed by atoms with Gasteiger partial charge in [-0.2, -0.15) is 10.5 Å². The Balaban J connectivity index is 2.70. The van der Waals surface area contributed by atoms with Crippen molar-refractivity contribution in [1.82, 2.24) is 4.90 Å². The van der Waals surface area contributed by atoms with Crippen LogP contribution in [0.15, 0.2) is 30.3 Å². The molecule has 3 nitrogen and oxygen atoms in total. The molecule has 1 aromatic rings. The van der Waals surface area contributed by atoms with Crippen LogP contribution in [0.5, 0.6) is 0 Å². The van der Waals surface area contributed by atoms with E-state index in [1.165, 1.54) is 0 Å². The third-order valence-electron chi connectivity index (χ3n) is 2.96. The fraction of sp³-hybridized carbons (Fsp3) is 0.500. The Kier molecular flexibility index (Phi) is 6.64. The van der Waals surface area contributed by atoms with E-state index in [0.29, 0.717) is 18.9 Å². The quantitative estimate of drug-likeness (QED) is 0.752. The van der Waals surface area contributed by atoms with Crippen LogP contribution in [0.1, 0.15) is 31.7 Å². The van der Waals surface area contributed by atoms with E-state index >= 15 is 0 Å². The van der Waals surface area contributed by atoms with Gasteiger partial charge in [0, 0.05) is 26.1 Å². The van der Waals surface area contributed by atoms with Crippen LogP contribution in [0.3, 0.4) is 0 Å². The molecular weight excluding hydrogens is 234 g/mol. The number of rotatable bonds is 7. The van der Waals surface area contributed by atoms with E-state index < -0.39 is 0 Å². The molecule has 0 radical (unpaired) electrons. The van der Waals surface area contributed by atoms with E-state index in [4.69, 9.17) is 5.26 Å². The molecule has 19 heavy (non-hydrogen) atoms. The first-order chi connectivity index (χ1) is 9.17. The predicted octanol–water partition coefficient (Wildman–Crippen LogP) is 3.17. The van der Waals surface area contributed by atoms with E-state index in [1.54, 1.807) is 0 Å². The molecule has 0 aliphatic rings. The molecule has 0 bridgehead atoms. The van der Waals surface area contributed by atoms with Crippen LogP contribution in [0.25, 0.3) is 0 Å². The highest BCUT2D eigenvalue weighted by Crippen LogP contribution is 2.17. The van der Waals surface area contributed by atoms with Crippen molar-refractivity contribution < 1.29 is 0 Å². The summed E-state index contributed by atoms with van der Waals surface area (Å²) < 4.78 is 0. The Morgan fingerprint density at radius 3 is 2.32 bits per heavy atom. The van der Waals surface area contributed by atoms with Gasteiger partial charge in [0.15, 0.2) is 0 Å².